The largest absolute Gasteiger partial charge is 0.505 e. The molecule has 51 heavy (non-hydrogen) atoms. The van der Waals surface area contributed by atoms with Crippen LogP contribution < -0.4 is 17.2 Å². The van der Waals surface area contributed by atoms with Crippen molar-refractivity contribution in [1.82, 2.24) is 9.13 Å². The molecule has 2 heterocycles. The average Bonchev–Trinajstić information content (AvgIpc) is 3.47. The molecule has 0 radical (unpaired) electrons. The van der Waals surface area contributed by atoms with Crippen molar-refractivity contribution in [2.45, 2.75) is 65.7 Å². The van der Waals surface area contributed by atoms with Crippen LogP contribution in [-0.2, 0) is 24.9 Å². The summed E-state index contributed by atoms with van der Waals surface area (Å²) in [7, 11) is 3.23. The van der Waals surface area contributed by atoms with Gasteiger partial charge in [-0.05, 0) is 46.6 Å². The molecule has 3 N–H and O–H groups in total. The van der Waals surface area contributed by atoms with Gasteiger partial charge in [-0.1, -0.05) is 108 Å². The number of hydrogen-bond acceptors (Lipinski definition) is 8. The smallest absolute Gasteiger partial charge is 0.419 e. The van der Waals surface area contributed by atoms with Crippen molar-refractivity contribution >= 4 is 62.5 Å². The minimum absolute atomic E-state index is 0.0707. The quantitative estimate of drug-likeness (QED) is 0.129. The van der Waals surface area contributed by atoms with E-state index in [0.717, 1.165) is 23.1 Å². The highest BCUT2D eigenvalue weighted by molar-refractivity contribution is 6.34. The fourth-order valence-corrected chi connectivity index (χ4v) is 6.84. The molecule has 0 bridgehead atoms. The van der Waals surface area contributed by atoms with E-state index in [0.29, 0.717) is 49.3 Å². The van der Waals surface area contributed by atoms with Crippen LogP contribution >= 0.6 is 23.2 Å². The van der Waals surface area contributed by atoms with Crippen LogP contribution in [0, 0.1) is 5.41 Å². The summed E-state index contributed by atoms with van der Waals surface area (Å²) < 4.78 is 13.0. The Hall–Kier alpha value is -4.80. The van der Waals surface area contributed by atoms with Crippen LogP contribution in [0.3, 0.4) is 0 Å². The molecule has 0 unspecified atom stereocenters. The molecule has 6 aromatic rings. The number of phenols is 1. The standard InChI is InChI=1S/C31H36ClN3O3.C8H7ClN2O2/c1-29(2,3)18-30(4,5)20-14-21(31(6,7)19-12-10-9-11-13-19)27(36)24(15-20)34-33-23-17-26-25(16-22(23)32)35(8)28(37)38-26;1-11-6-2-4(9)5(10)3-7(6)13-8(11)12/h9-17,36H,18H2,1-8H3;2-3H,10H2,1H3. The molecular weight excluding hydrogens is 689 g/mol. The van der Waals surface area contributed by atoms with Crippen LogP contribution in [-0.4, -0.2) is 14.2 Å². The molecule has 2 aromatic heterocycles. The number of aryl methyl sites for hydroxylation is 2. The van der Waals surface area contributed by atoms with Crippen LogP contribution in [0.5, 0.6) is 5.75 Å². The van der Waals surface area contributed by atoms with Gasteiger partial charge in [0, 0.05) is 37.2 Å². The third-order valence-corrected chi connectivity index (χ3v) is 9.68. The number of fused-ring (bicyclic) bond motifs is 2. The Morgan fingerprint density at radius 1 is 0.725 bits per heavy atom. The van der Waals surface area contributed by atoms with E-state index >= 15 is 0 Å². The number of aromatic nitrogens is 2. The molecule has 12 heteroatoms. The number of aromatic hydroxyl groups is 1. The fraction of sp³-hybridized carbons (Fsp3) is 0.333. The normalized spacial score (nSPS) is 12.5. The van der Waals surface area contributed by atoms with E-state index < -0.39 is 16.9 Å². The second-order valence-electron chi connectivity index (χ2n) is 15.2. The van der Waals surface area contributed by atoms with Crippen molar-refractivity contribution in [1.29, 1.82) is 0 Å². The van der Waals surface area contributed by atoms with Crippen LogP contribution in [0.15, 0.2) is 95.4 Å². The summed E-state index contributed by atoms with van der Waals surface area (Å²) >= 11 is 12.3. The van der Waals surface area contributed by atoms with E-state index in [-0.39, 0.29) is 16.6 Å². The highest BCUT2D eigenvalue weighted by Gasteiger charge is 2.33. The molecular formula is C39H43Cl2N5O5. The van der Waals surface area contributed by atoms with Crippen LogP contribution in [0.4, 0.5) is 17.1 Å². The average molecular weight is 733 g/mol. The predicted molar refractivity (Wildman–Crippen MR) is 205 cm³/mol. The Morgan fingerprint density at radius 3 is 1.82 bits per heavy atom. The van der Waals surface area contributed by atoms with Gasteiger partial charge in [0.25, 0.3) is 0 Å². The third kappa shape index (κ3) is 7.77. The number of hydrogen-bond donors (Lipinski definition) is 2. The SMILES string of the molecule is Cn1c(=O)oc2cc(N)c(Cl)cc21.Cn1c(=O)oc2cc(N=Nc3cc(C(C)(C)CC(C)(C)C)cc(C(C)(C)c4ccccc4)c3O)c(Cl)cc21. The molecule has 0 saturated heterocycles. The number of azo groups is 1. The van der Waals surface area contributed by atoms with Gasteiger partial charge in [-0.15, -0.1) is 10.2 Å². The lowest BCUT2D eigenvalue weighted by Crippen LogP contribution is -2.26. The van der Waals surface area contributed by atoms with Gasteiger partial charge < -0.3 is 19.7 Å². The monoisotopic (exact) mass is 731 g/mol. The van der Waals surface area contributed by atoms with E-state index in [1.54, 1.807) is 38.4 Å². The van der Waals surface area contributed by atoms with E-state index in [1.807, 2.05) is 24.3 Å². The number of benzene rings is 4. The van der Waals surface area contributed by atoms with Crippen molar-refractivity contribution in [3.8, 4) is 5.75 Å². The van der Waals surface area contributed by atoms with Crippen molar-refractivity contribution in [3.63, 3.8) is 0 Å². The summed E-state index contributed by atoms with van der Waals surface area (Å²) in [5.74, 6) is -0.831. The van der Waals surface area contributed by atoms with Gasteiger partial charge in [-0.25, -0.2) is 9.59 Å². The number of nitrogen functional groups attached to an aromatic ring is 1. The number of anilines is 1. The zero-order chi connectivity index (χ0) is 37.6. The predicted octanol–water partition coefficient (Wildman–Crippen LogP) is 10.3. The highest BCUT2D eigenvalue weighted by atomic mass is 35.5. The summed E-state index contributed by atoms with van der Waals surface area (Å²) in [4.78, 5) is 23.0. The van der Waals surface area contributed by atoms with Crippen LogP contribution in [0.25, 0.3) is 22.2 Å². The summed E-state index contributed by atoms with van der Waals surface area (Å²) in [6.45, 7) is 15.3. The van der Waals surface area contributed by atoms with E-state index in [4.69, 9.17) is 37.8 Å². The molecule has 0 spiro atoms. The first kappa shape index (κ1) is 37.5. The molecule has 0 fully saturated rings. The minimum Gasteiger partial charge on any atom is -0.505 e. The molecule has 6 rings (SSSR count). The van der Waals surface area contributed by atoms with Crippen molar-refractivity contribution in [2.75, 3.05) is 5.73 Å². The Labute approximate surface area is 306 Å². The number of oxazole rings is 2. The van der Waals surface area contributed by atoms with Crippen LogP contribution in [0.1, 0.15) is 71.6 Å². The topological polar surface area (TPSA) is 141 Å². The first-order valence-electron chi connectivity index (χ1n) is 16.4. The van der Waals surface area contributed by atoms with Gasteiger partial charge >= 0.3 is 11.5 Å². The van der Waals surface area contributed by atoms with E-state index in [1.165, 1.54) is 9.13 Å². The van der Waals surface area contributed by atoms with Crippen LogP contribution in [0.2, 0.25) is 10.0 Å². The lowest BCUT2D eigenvalue weighted by atomic mass is 9.70. The molecule has 268 valence electrons. The summed E-state index contributed by atoms with van der Waals surface area (Å²) in [5.41, 5.74) is 11.0. The minimum atomic E-state index is -0.493. The number of rotatable bonds is 6. The Bertz CT molecular complexity index is 2390. The Morgan fingerprint density at radius 2 is 1.25 bits per heavy atom. The maximum atomic E-state index is 11.9. The van der Waals surface area contributed by atoms with Crippen molar-refractivity contribution < 1.29 is 13.9 Å². The summed E-state index contributed by atoms with van der Waals surface area (Å²) in [5, 5.41) is 21.1. The van der Waals surface area contributed by atoms with Crippen molar-refractivity contribution in [2.24, 2.45) is 29.7 Å². The second kappa shape index (κ2) is 13.7. The van der Waals surface area contributed by atoms with E-state index in [2.05, 4.69) is 76.9 Å². The molecule has 10 nitrogen and oxygen atoms in total. The maximum Gasteiger partial charge on any atom is 0.419 e. The first-order chi connectivity index (χ1) is 23.7. The number of halogens is 2. The van der Waals surface area contributed by atoms with Gasteiger partial charge in [-0.3, -0.25) is 9.13 Å². The maximum absolute atomic E-state index is 11.9. The van der Waals surface area contributed by atoms with Gasteiger partial charge in [-0.2, -0.15) is 0 Å². The van der Waals surface area contributed by atoms with Gasteiger partial charge in [0.2, 0.25) is 0 Å². The molecule has 0 atom stereocenters. The summed E-state index contributed by atoms with van der Waals surface area (Å²) in [6, 6.07) is 20.5. The number of phenolic OH excluding ortho intramolecular Hbond substituents is 1. The van der Waals surface area contributed by atoms with Gasteiger partial charge in [0.05, 0.1) is 26.8 Å². The van der Waals surface area contributed by atoms with Crippen molar-refractivity contribution in [3.05, 3.63) is 115 Å². The second-order valence-corrected chi connectivity index (χ2v) is 16.0. The van der Waals surface area contributed by atoms with Gasteiger partial charge in [0.1, 0.15) is 17.1 Å². The van der Waals surface area contributed by atoms with E-state index in [9.17, 15) is 14.7 Å². The molecule has 4 aromatic carbocycles. The highest BCUT2D eigenvalue weighted by Crippen LogP contribution is 2.47. The zero-order valence-electron chi connectivity index (χ0n) is 30.3. The fourth-order valence-electron chi connectivity index (χ4n) is 6.49. The molecule has 0 aliphatic carbocycles. The summed E-state index contributed by atoms with van der Waals surface area (Å²) in [6.07, 6.45) is 0.933. The Balaban J connectivity index is 0.000000323. The zero-order valence-corrected chi connectivity index (χ0v) is 31.8. The lowest BCUT2D eigenvalue weighted by molar-refractivity contribution is 0.283. The number of nitrogens with two attached hydrogens (primary N) is 1. The molecule has 0 saturated carbocycles. The molecule has 0 aliphatic rings. The lowest BCUT2D eigenvalue weighted by Gasteiger charge is -2.35. The molecule has 0 aliphatic heterocycles. The Kier molecular flexibility index (Phi) is 10.1. The molecule has 0 amide bonds. The number of nitrogens with zero attached hydrogens (tertiary/aromatic N) is 4. The van der Waals surface area contributed by atoms with Gasteiger partial charge in [0.15, 0.2) is 11.2 Å². The first-order valence-corrected chi connectivity index (χ1v) is 17.1. The third-order valence-electron chi connectivity index (χ3n) is 9.05.